The monoisotopic (exact) mass is 1100 g/mol. The van der Waals surface area contributed by atoms with Crippen LogP contribution in [0.3, 0.4) is 0 Å². The van der Waals surface area contributed by atoms with Gasteiger partial charge in [0.05, 0.1) is 0 Å². The van der Waals surface area contributed by atoms with Gasteiger partial charge in [0.25, 0.3) is 0 Å². The highest BCUT2D eigenvalue weighted by Crippen LogP contribution is 2.13. The zero-order valence-electron chi connectivity index (χ0n) is 51.0. The quantitative estimate of drug-likeness (QED) is 0.0261. The molecule has 0 radical (unpaired) electrons. The van der Waals surface area contributed by atoms with E-state index in [1.165, 1.54) is 32.1 Å². The van der Waals surface area contributed by atoms with Crippen molar-refractivity contribution in [1.29, 1.82) is 0 Å². The number of esters is 3. The van der Waals surface area contributed by atoms with Crippen molar-refractivity contribution in [1.82, 2.24) is 0 Å². The van der Waals surface area contributed by atoms with Crippen molar-refractivity contribution >= 4 is 17.9 Å². The fourth-order valence-electron chi connectivity index (χ4n) is 7.93. The van der Waals surface area contributed by atoms with E-state index in [2.05, 4.69) is 203 Å². The number of carbonyl (C=O) groups excluding carboxylic acids is 3. The molecule has 1 unspecified atom stereocenters. The maximum absolute atomic E-state index is 12.9. The summed E-state index contributed by atoms with van der Waals surface area (Å²) >= 11 is 0. The Labute approximate surface area is 491 Å². The Morgan fingerprint density at radius 2 is 0.500 bits per heavy atom. The molecule has 0 saturated carbocycles. The average molecular weight is 1100 g/mol. The van der Waals surface area contributed by atoms with Crippen molar-refractivity contribution in [3.05, 3.63) is 182 Å². The number of hydrogen-bond donors (Lipinski definition) is 0. The molecule has 0 heterocycles. The second-order valence-corrected chi connectivity index (χ2v) is 20.2. The minimum absolute atomic E-state index is 0.121. The van der Waals surface area contributed by atoms with Gasteiger partial charge >= 0.3 is 17.9 Å². The lowest BCUT2D eigenvalue weighted by molar-refractivity contribution is -0.167. The second kappa shape index (κ2) is 66.0. The molecule has 0 fully saturated rings. The smallest absolute Gasteiger partial charge is 0.306 e. The highest BCUT2D eigenvalue weighted by molar-refractivity contribution is 5.71. The highest BCUT2D eigenvalue weighted by Gasteiger charge is 2.19. The van der Waals surface area contributed by atoms with Crippen LogP contribution in [0.5, 0.6) is 0 Å². The lowest BCUT2D eigenvalue weighted by atomic mass is 10.1. The molecule has 6 heteroatoms. The molecule has 0 spiro atoms. The van der Waals surface area contributed by atoms with Crippen molar-refractivity contribution < 1.29 is 28.6 Å². The number of carbonyl (C=O) groups is 3. The molecule has 446 valence electrons. The molecule has 0 aromatic carbocycles. The molecule has 0 aromatic rings. The van der Waals surface area contributed by atoms with E-state index in [1.807, 2.05) is 0 Å². The Balaban J connectivity index is 4.50. The largest absolute Gasteiger partial charge is 0.462 e. The van der Waals surface area contributed by atoms with Crippen LogP contribution in [-0.4, -0.2) is 37.2 Å². The van der Waals surface area contributed by atoms with Gasteiger partial charge in [-0.1, -0.05) is 254 Å². The maximum atomic E-state index is 12.9. The predicted molar refractivity (Wildman–Crippen MR) is 348 cm³/mol. The molecule has 0 amide bonds. The van der Waals surface area contributed by atoms with Crippen molar-refractivity contribution in [3.63, 3.8) is 0 Å². The first-order valence-corrected chi connectivity index (χ1v) is 31.8. The van der Waals surface area contributed by atoms with Gasteiger partial charge in [-0.3, -0.25) is 14.4 Å². The summed E-state index contributed by atoms with van der Waals surface area (Å²) in [5.41, 5.74) is 0. The molecule has 0 bridgehead atoms. The zero-order chi connectivity index (χ0) is 57.8. The summed E-state index contributed by atoms with van der Waals surface area (Å²) in [5.74, 6) is -1.02. The predicted octanol–water partition coefficient (Wildman–Crippen LogP) is 22.0. The average Bonchev–Trinajstić information content (AvgIpc) is 3.46. The first-order valence-electron chi connectivity index (χ1n) is 31.8. The Kier molecular flexibility index (Phi) is 61.5. The number of allylic oxidation sites excluding steroid dienone is 30. The minimum atomic E-state index is -0.832. The van der Waals surface area contributed by atoms with Crippen LogP contribution in [0.25, 0.3) is 0 Å². The van der Waals surface area contributed by atoms with E-state index < -0.39 is 6.10 Å². The minimum Gasteiger partial charge on any atom is -0.462 e. The number of ether oxygens (including phenoxy) is 3. The van der Waals surface area contributed by atoms with Gasteiger partial charge in [-0.25, -0.2) is 0 Å². The third-order valence-electron chi connectivity index (χ3n) is 12.6. The van der Waals surface area contributed by atoms with Gasteiger partial charge in [0.2, 0.25) is 0 Å². The van der Waals surface area contributed by atoms with Gasteiger partial charge in [0, 0.05) is 19.3 Å². The van der Waals surface area contributed by atoms with Gasteiger partial charge in [0.15, 0.2) is 6.10 Å². The fourth-order valence-corrected chi connectivity index (χ4v) is 7.93. The summed E-state index contributed by atoms with van der Waals surface area (Å²) in [7, 11) is 0. The lowest BCUT2D eigenvalue weighted by Gasteiger charge is -2.18. The summed E-state index contributed by atoms with van der Waals surface area (Å²) in [5, 5.41) is 0. The van der Waals surface area contributed by atoms with Crippen LogP contribution in [0.2, 0.25) is 0 Å². The van der Waals surface area contributed by atoms with Gasteiger partial charge in [-0.2, -0.15) is 0 Å². The molecular weight excluding hydrogens is 985 g/mol. The van der Waals surface area contributed by atoms with Gasteiger partial charge in [-0.05, 0) is 154 Å². The molecular formula is C74H114O6. The van der Waals surface area contributed by atoms with Crippen molar-refractivity contribution in [2.24, 2.45) is 0 Å². The Morgan fingerprint density at radius 1 is 0.263 bits per heavy atom. The van der Waals surface area contributed by atoms with Crippen LogP contribution in [0.4, 0.5) is 0 Å². The van der Waals surface area contributed by atoms with Gasteiger partial charge in [-0.15, -0.1) is 0 Å². The summed E-state index contributed by atoms with van der Waals surface area (Å²) in [4.78, 5) is 38.3. The Bertz CT molecular complexity index is 1890. The number of hydrogen-bond acceptors (Lipinski definition) is 6. The standard InChI is InChI=1S/C74H114O6/c1-4-7-10-13-16-19-22-25-27-29-31-33-35-36-37-38-40-41-43-45-47-49-52-55-58-61-64-67-73(76)79-70-71(69-78-72(75)66-63-60-57-54-51-24-21-18-15-12-9-6-3)80-74(77)68-65-62-59-56-53-50-48-46-44-42-39-34-32-30-28-26-23-20-17-14-11-8-5-2/h7-8,10-11,16-21,25-28,31-34,36-37,40-42,44-45,47-48,50,56,59,71H,4-6,9,12-15,22-24,29-30,35,38-39,43,46,49,51-55,57-58,60-70H2,1-3H3/b10-7-,11-8-,19-16-,20-17-,21-18-,27-25-,28-26-,33-31-,34-32-,37-36-,41-40-,44-42-,47-45-,50-48-,59-56-. The molecule has 6 nitrogen and oxygen atoms in total. The third-order valence-corrected chi connectivity index (χ3v) is 12.6. The van der Waals surface area contributed by atoms with E-state index in [-0.39, 0.29) is 37.5 Å². The Hall–Kier alpha value is -5.49. The molecule has 0 aliphatic heterocycles. The molecule has 0 aromatic heterocycles. The molecule has 80 heavy (non-hydrogen) atoms. The molecule has 0 aliphatic rings. The van der Waals surface area contributed by atoms with E-state index in [0.717, 1.165) is 167 Å². The van der Waals surface area contributed by atoms with Crippen LogP contribution >= 0.6 is 0 Å². The van der Waals surface area contributed by atoms with Crippen LogP contribution in [0.15, 0.2) is 182 Å². The van der Waals surface area contributed by atoms with E-state index in [9.17, 15) is 14.4 Å². The number of unbranched alkanes of at least 4 members (excludes halogenated alkanes) is 14. The van der Waals surface area contributed by atoms with E-state index in [0.29, 0.717) is 19.3 Å². The Morgan fingerprint density at radius 3 is 0.812 bits per heavy atom. The summed E-state index contributed by atoms with van der Waals surface area (Å²) in [6, 6.07) is 0. The summed E-state index contributed by atoms with van der Waals surface area (Å²) < 4.78 is 16.8. The first kappa shape index (κ1) is 74.5. The lowest BCUT2D eigenvalue weighted by Crippen LogP contribution is -2.30. The maximum Gasteiger partial charge on any atom is 0.306 e. The van der Waals surface area contributed by atoms with Crippen LogP contribution in [-0.2, 0) is 28.6 Å². The molecule has 0 aliphatic carbocycles. The van der Waals surface area contributed by atoms with E-state index in [4.69, 9.17) is 14.2 Å². The fraction of sp³-hybridized carbons (Fsp3) is 0.554. The SMILES string of the molecule is CC/C=C\C/C=C\C/C=C\C/C=C\C/C=C\C/C=C\C/C=C\CCCCCCCC(=O)OCC(COC(=O)CCCCCCC/C=C\CCCCC)OC(=O)CCC/C=C\C/C=C\C/C=C\C/C=C\C/C=C\C/C=C\C/C=C\CC. The highest BCUT2D eigenvalue weighted by atomic mass is 16.6. The normalized spacial score (nSPS) is 13.4. The van der Waals surface area contributed by atoms with Crippen molar-refractivity contribution in [2.75, 3.05) is 13.2 Å². The van der Waals surface area contributed by atoms with E-state index >= 15 is 0 Å². The van der Waals surface area contributed by atoms with Crippen molar-refractivity contribution in [3.8, 4) is 0 Å². The number of rotatable bonds is 55. The summed E-state index contributed by atoms with van der Waals surface area (Å²) in [6.45, 7) is 6.30. The van der Waals surface area contributed by atoms with Crippen LogP contribution in [0, 0.1) is 0 Å². The van der Waals surface area contributed by atoms with E-state index in [1.54, 1.807) is 0 Å². The first-order chi connectivity index (χ1) is 39.5. The van der Waals surface area contributed by atoms with Gasteiger partial charge in [0.1, 0.15) is 13.2 Å². The van der Waals surface area contributed by atoms with Crippen LogP contribution < -0.4 is 0 Å². The second-order valence-electron chi connectivity index (χ2n) is 20.2. The topological polar surface area (TPSA) is 78.9 Å². The zero-order valence-corrected chi connectivity index (χ0v) is 51.0. The molecule has 0 rings (SSSR count). The van der Waals surface area contributed by atoms with Gasteiger partial charge < -0.3 is 14.2 Å². The van der Waals surface area contributed by atoms with Crippen molar-refractivity contribution in [2.45, 2.75) is 252 Å². The molecule has 0 N–H and O–H groups in total. The third kappa shape index (κ3) is 63.3. The molecule has 1 atom stereocenters. The van der Waals surface area contributed by atoms with Crippen LogP contribution in [0.1, 0.15) is 245 Å². The summed E-state index contributed by atoms with van der Waals surface area (Å²) in [6.07, 6.45) is 99.0. The molecule has 0 saturated heterocycles.